The van der Waals surface area contributed by atoms with Crippen molar-refractivity contribution >= 4 is 23.9 Å². The van der Waals surface area contributed by atoms with Crippen LogP contribution in [0.25, 0.3) is 6.08 Å². The van der Waals surface area contributed by atoms with E-state index < -0.39 is 30.1 Å². The van der Waals surface area contributed by atoms with Crippen LogP contribution < -0.4 is 10.6 Å². The molecule has 2 aromatic rings. The largest absolute Gasteiger partial charge is 0.462 e. The summed E-state index contributed by atoms with van der Waals surface area (Å²) in [5.41, 5.74) is 0.720. The summed E-state index contributed by atoms with van der Waals surface area (Å²) in [5.74, 6) is -0.477. The Bertz CT molecular complexity index is 1070. The van der Waals surface area contributed by atoms with Crippen LogP contribution in [-0.2, 0) is 23.8 Å². The van der Waals surface area contributed by atoms with Crippen LogP contribution >= 0.6 is 0 Å². The summed E-state index contributed by atoms with van der Waals surface area (Å²) in [6.07, 6.45) is 0.461. The Morgan fingerprint density at radius 2 is 1.72 bits per heavy atom. The summed E-state index contributed by atoms with van der Waals surface area (Å²) in [6, 6.07) is 10.6. The van der Waals surface area contributed by atoms with Crippen LogP contribution in [0.3, 0.4) is 0 Å². The Balaban J connectivity index is 1.82. The second-order valence-corrected chi connectivity index (χ2v) is 6.99. The van der Waals surface area contributed by atoms with Gasteiger partial charge in [-0.25, -0.2) is 4.79 Å². The molecule has 0 fully saturated rings. The number of cyclic esters (lactones) is 1. The van der Waals surface area contributed by atoms with E-state index in [4.69, 9.17) is 18.6 Å². The number of benzene rings is 1. The topological polar surface area (TPSA) is 116 Å². The average Bonchev–Trinajstić information content (AvgIpc) is 3.31. The second-order valence-electron chi connectivity index (χ2n) is 6.99. The van der Waals surface area contributed by atoms with E-state index in [1.807, 2.05) is 0 Å². The minimum Gasteiger partial charge on any atom is -0.462 e. The van der Waals surface area contributed by atoms with E-state index in [1.165, 1.54) is 14.2 Å². The zero-order valence-corrected chi connectivity index (χ0v) is 18.1. The molecule has 2 amide bonds. The Kier molecular flexibility index (Phi) is 7.24. The summed E-state index contributed by atoms with van der Waals surface area (Å²) in [7, 11) is 2.67. The van der Waals surface area contributed by atoms with Crippen molar-refractivity contribution < 1.29 is 33.0 Å². The van der Waals surface area contributed by atoms with Crippen molar-refractivity contribution in [3.05, 3.63) is 76.6 Å². The number of aryl methyl sites for hydroxylation is 1. The quantitative estimate of drug-likeness (QED) is 0.478. The molecule has 0 saturated heterocycles. The van der Waals surface area contributed by atoms with Gasteiger partial charge in [-0.15, -0.1) is 0 Å². The normalized spacial score (nSPS) is 15.8. The zero-order chi connectivity index (χ0) is 23.3. The maximum Gasteiger partial charge on any atom is 0.360 e. The summed E-state index contributed by atoms with van der Waals surface area (Å²) in [5, 5.41) is 5.11. The molecular formula is C23H24N2O7. The van der Waals surface area contributed by atoms with Crippen LogP contribution in [0.4, 0.5) is 0 Å². The molecular weight excluding hydrogens is 416 g/mol. The number of amides is 2. The fraction of sp³-hybridized carbons (Fsp3) is 0.261. The molecule has 1 atom stereocenters. The number of rotatable bonds is 8. The van der Waals surface area contributed by atoms with E-state index in [0.29, 0.717) is 22.7 Å². The van der Waals surface area contributed by atoms with Gasteiger partial charge in [0, 0.05) is 31.4 Å². The lowest BCUT2D eigenvalue weighted by Crippen LogP contribution is -2.54. The van der Waals surface area contributed by atoms with Gasteiger partial charge in [0.15, 0.2) is 12.3 Å². The summed E-state index contributed by atoms with van der Waals surface area (Å²) in [6.45, 7) is 3.42. The number of esters is 1. The third-order valence-corrected chi connectivity index (χ3v) is 4.78. The van der Waals surface area contributed by atoms with Gasteiger partial charge in [-0.2, -0.15) is 0 Å². The third kappa shape index (κ3) is 5.13. The molecule has 0 spiro atoms. The number of carbonyl (C=O) groups is 3. The summed E-state index contributed by atoms with van der Waals surface area (Å²) < 4.78 is 21.1. The number of methoxy groups -OCH3 is 2. The number of allylic oxidation sites excluding steroid dienone is 1. The van der Waals surface area contributed by atoms with Gasteiger partial charge in [0.05, 0.1) is 0 Å². The predicted molar refractivity (Wildman–Crippen MR) is 114 cm³/mol. The van der Waals surface area contributed by atoms with E-state index in [2.05, 4.69) is 10.6 Å². The summed E-state index contributed by atoms with van der Waals surface area (Å²) >= 11 is 0. The van der Waals surface area contributed by atoms with Crippen molar-refractivity contribution in [2.45, 2.75) is 26.2 Å². The molecule has 168 valence electrons. The maximum atomic E-state index is 13.0. The molecule has 32 heavy (non-hydrogen) atoms. The van der Waals surface area contributed by atoms with E-state index in [-0.39, 0.29) is 11.5 Å². The molecule has 2 heterocycles. The van der Waals surface area contributed by atoms with Crippen LogP contribution in [-0.4, -0.2) is 44.3 Å². The monoisotopic (exact) mass is 440 g/mol. The predicted octanol–water partition coefficient (Wildman–Crippen LogP) is 2.29. The highest BCUT2D eigenvalue weighted by molar-refractivity contribution is 6.02. The molecule has 0 bridgehead atoms. The lowest BCUT2D eigenvalue weighted by Gasteiger charge is -2.25. The second kappa shape index (κ2) is 10.1. The van der Waals surface area contributed by atoms with Gasteiger partial charge in [-0.05, 0) is 38.1 Å². The van der Waals surface area contributed by atoms with Gasteiger partial charge in [-0.3, -0.25) is 9.59 Å². The summed E-state index contributed by atoms with van der Waals surface area (Å²) in [4.78, 5) is 38.0. The molecule has 3 rings (SSSR count). The number of carbonyl (C=O) groups excluding carboxylic acids is 3. The number of nitrogens with one attached hydrogen (secondary N) is 2. The van der Waals surface area contributed by atoms with E-state index in [0.717, 1.165) is 0 Å². The van der Waals surface area contributed by atoms with Crippen molar-refractivity contribution in [1.29, 1.82) is 0 Å². The first kappa shape index (κ1) is 23.0. The fourth-order valence-electron chi connectivity index (χ4n) is 3.09. The Hall–Kier alpha value is -3.69. The zero-order valence-electron chi connectivity index (χ0n) is 18.1. The van der Waals surface area contributed by atoms with Crippen molar-refractivity contribution in [1.82, 2.24) is 10.6 Å². The number of hydrogen-bond acceptors (Lipinski definition) is 7. The highest BCUT2D eigenvalue weighted by Gasteiger charge is 2.35. The van der Waals surface area contributed by atoms with Crippen LogP contribution in [0.2, 0.25) is 0 Å². The smallest absolute Gasteiger partial charge is 0.360 e. The first-order valence-electron chi connectivity index (χ1n) is 9.78. The number of ether oxygens (including phenoxy) is 3. The van der Waals surface area contributed by atoms with Crippen LogP contribution in [0.5, 0.6) is 0 Å². The minimum atomic E-state index is -1.24. The lowest BCUT2D eigenvalue weighted by molar-refractivity contribution is -0.148. The van der Waals surface area contributed by atoms with Gasteiger partial charge in [0.25, 0.3) is 11.8 Å². The highest BCUT2D eigenvalue weighted by atomic mass is 16.7. The number of hydrogen-bond donors (Lipinski definition) is 2. The van der Waals surface area contributed by atoms with Gasteiger partial charge < -0.3 is 29.3 Å². The molecule has 1 aromatic carbocycles. The Morgan fingerprint density at radius 1 is 1.03 bits per heavy atom. The first-order chi connectivity index (χ1) is 15.3. The Labute approximate surface area is 185 Å². The molecule has 1 aliphatic rings. The SMILES string of the molecule is COC(OC)C(NC(=O)c1ccccc1)C(=O)NC1=C(C)/C(=C/c2ccc(C)o2)OC1=O. The van der Waals surface area contributed by atoms with Gasteiger partial charge in [0.1, 0.15) is 23.0 Å². The highest BCUT2D eigenvalue weighted by Crippen LogP contribution is 2.27. The van der Waals surface area contributed by atoms with E-state index >= 15 is 0 Å². The van der Waals surface area contributed by atoms with Crippen LogP contribution in [0.15, 0.2) is 63.9 Å². The fourth-order valence-corrected chi connectivity index (χ4v) is 3.09. The average molecular weight is 440 g/mol. The molecule has 9 heteroatoms. The van der Waals surface area contributed by atoms with Crippen molar-refractivity contribution in [3.8, 4) is 0 Å². The molecule has 1 unspecified atom stereocenters. The lowest BCUT2D eigenvalue weighted by atomic mass is 10.1. The molecule has 1 aliphatic heterocycles. The minimum absolute atomic E-state index is 0.0468. The third-order valence-electron chi connectivity index (χ3n) is 4.78. The molecule has 0 radical (unpaired) electrons. The van der Waals surface area contributed by atoms with Crippen molar-refractivity contribution in [2.24, 2.45) is 0 Å². The molecule has 9 nitrogen and oxygen atoms in total. The van der Waals surface area contributed by atoms with Crippen molar-refractivity contribution in [3.63, 3.8) is 0 Å². The Morgan fingerprint density at radius 3 is 2.31 bits per heavy atom. The maximum absolute atomic E-state index is 13.0. The van der Waals surface area contributed by atoms with Gasteiger partial charge in [0.2, 0.25) is 0 Å². The van der Waals surface area contributed by atoms with E-state index in [1.54, 1.807) is 62.4 Å². The first-order valence-corrected chi connectivity index (χ1v) is 9.78. The standard InChI is InChI=1S/C23H24N2O7/c1-13-10-11-16(31-13)12-17-14(2)18(22(28)32-17)24-21(27)19(23(29-3)30-4)25-20(26)15-8-6-5-7-9-15/h5-12,19,23H,1-4H3,(H,24,27)(H,25,26)/b17-12-. The molecule has 1 aromatic heterocycles. The molecule has 2 N–H and O–H groups in total. The molecule has 0 saturated carbocycles. The van der Waals surface area contributed by atoms with Crippen molar-refractivity contribution in [2.75, 3.05) is 14.2 Å². The van der Waals surface area contributed by atoms with Gasteiger partial charge in [-0.1, -0.05) is 18.2 Å². The number of furan rings is 1. The van der Waals surface area contributed by atoms with Crippen LogP contribution in [0, 0.1) is 6.92 Å². The van der Waals surface area contributed by atoms with Crippen LogP contribution in [0.1, 0.15) is 28.8 Å². The van der Waals surface area contributed by atoms with Gasteiger partial charge >= 0.3 is 5.97 Å². The van der Waals surface area contributed by atoms with E-state index in [9.17, 15) is 14.4 Å². The molecule has 0 aliphatic carbocycles.